The number of nitrogens with one attached hydrogen (secondary N) is 1. The number of aromatic nitrogens is 3. The number of fused-ring (bicyclic) bond motifs is 1. The quantitative estimate of drug-likeness (QED) is 0.640. The molecular weight excluding hydrogens is 386 g/mol. The molecule has 3 aromatic rings. The second-order valence-electron chi connectivity index (χ2n) is 7.35. The monoisotopic (exact) mass is 413 g/mol. The number of hydrogen-bond acceptors (Lipinski definition) is 7. The molecule has 1 aliphatic rings. The van der Waals surface area contributed by atoms with Crippen LogP contribution in [0.4, 0.5) is 10.7 Å². The third-order valence-electron chi connectivity index (χ3n) is 5.28. The second kappa shape index (κ2) is 9.17. The van der Waals surface area contributed by atoms with Gasteiger partial charge in [-0.3, -0.25) is 4.57 Å². The molecule has 30 heavy (non-hydrogen) atoms. The number of carbonyl (C=O) groups is 1. The van der Waals surface area contributed by atoms with Gasteiger partial charge in [-0.25, -0.2) is 14.8 Å². The van der Waals surface area contributed by atoms with Gasteiger partial charge in [0.15, 0.2) is 5.65 Å². The van der Waals surface area contributed by atoms with E-state index in [1.807, 2.05) is 29.7 Å². The van der Waals surface area contributed by atoms with E-state index < -0.39 is 0 Å². The van der Waals surface area contributed by atoms with Gasteiger partial charge in [0.2, 0.25) is 5.95 Å². The van der Waals surface area contributed by atoms with Gasteiger partial charge in [0.1, 0.15) is 23.6 Å². The van der Waals surface area contributed by atoms with Crippen molar-refractivity contribution in [2.45, 2.75) is 45.4 Å². The van der Waals surface area contributed by atoms with Crippen LogP contribution in [0, 0.1) is 0 Å². The summed E-state index contributed by atoms with van der Waals surface area (Å²) in [6, 6.07) is 7.60. The summed E-state index contributed by atoms with van der Waals surface area (Å²) in [6.07, 6.45) is 4.14. The molecule has 160 valence electrons. The normalized spacial score (nSPS) is 17.1. The van der Waals surface area contributed by atoms with Gasteiger partial charge in [0.25, 0.3) is 0 Å². The Morgan fingerprint density at radius 1 is 1.30 bits per heavy atom. The van der Waals surface area contributed by atoms with Crippen molar-refractivity contribution in [3.8, 4) is 0 Å². The highest BCUT2D eigenvalue weighted by molar-refractivity contribution is 5.74. The number of furan rings is 1. The molecular formula is C21H27N5O4. The van der Waals surface area contributed by atoms with Crippen molar-refractivity contribution in [1.29, 1.82) is 0 Å². The van der Waals surface area contributed by atoms with E-state index in [9.17, 15) is 9.90 Å². The summed E-state index contributed by atoms with van der Waals surface area (Å²) in [4.78, 5) is 23.0. The Bertz CT molecular complexity index is 998. The number of carbonyl (C=O) groups excluding carboxylic acids is 1. The van der Waals surface area contributed by atoms with E-state index in [1.54, 1.807) is 17.2 Å². The van der Waals surface area contributed by atoms with Gasteiger partial charge in [-0.05, 0) is 50.5 Å². The lowest BCUT2D eigenvalue weighted by atomic mass is 10.1. The molecule has 0 saturated carbocycles. The van der Waals surface area contributed by atoms with E-state index in [2.05, 4.69) is 10.3 Å². The van der Waals surface area contributed by atoms with Crippen LogP contribution >= 0.6 is 0 Å². The number of amides is 1. The van der Waals surface area contributed by atoms with Gasteiger partial charge in [-0.15, -0.1) is 0 Å². The Kier molecular flexibility index (Phi) is 6.18. The molecule has 9 nitrogen and oxygen atoms in total. The molecule has 4 rings (SSSR count). The van der Waals surface area contributed by atoms with Gasteiger partial charge >= 0.3 is 6.09 Å². The van der Waals surface area contributed by atoms with E-state index in [4.69, 9.17) is 14.1 Å². The number of likely N-dealkylation sites (tertiary alicyclic amines) is 1. The lowest BCUT2D eigenvalue weighted by molar-refractivity contribution is 0.108. The number of ether oxygens (including phenoxy) is 1. The SMILES string of the molecule is CCOC(=O)N1CCCC(Nc2nc3cccnc3n2Cc2ccc(CO)o2)CC1. The lowest BCUT2D eigenvalue weighted by Crippen LogP contribution is -2.33. The lowest BCUT2D eigenvalue weighted by Gasteiger charge is -2.20. The zero-order valence-corrected chi connectivity index (χ0v) is 17.1. The summed E-state index contributed by atoms with van der Waals surface area (Å²) in [7, 11) is 0. The van der Waals surface area contributed by atoms with Gasteiger partial charge in [0, 0.05) is 25.3 Å². The maximum Gasteiger partial charge on any atom is 0.409 e. The third kappa shape index (κ3) is 4.40. The van der Waals surface area contributed by atoms with Crippen molar-refractivity contribution in [3.63, 3.8) is 0 Å². The van der Waals surface area contributed by atoms with Crippen LogP contribution in [0.15, 0.2) is 34.9 Å². The molecule has 0 spiro atoms. The molecule has 0 aliphatic carbocycles. The van der Waals surface area contributed by atoms with Crippen molar-refractivity contribution in [2.75, 3.05) is 25.0 Å². The van der Waals surface area contributed by atoms with Crippen LogP contribution < -0.4 is 5.32 Å². The standard InChI is InChI=1S/C21H27N5O4/c1-2-29-21(28)25-11-4-5-15(9-12-25)23-20-24-18-6-3-10-22-19(18)26(20)13-16-7-8-17(14-27)30-16/h3,6-8,10,15,27H,2,4-5,9,11-14H2,1H3,(H,23,24). The van der Waals surface area contributed by atoms with Crippen LogP contribution in [-0.2, 0) is 17.9 Å². The number of hydrogen-bond donors (Lipinski definition) is 2. The summed E-state index contributed by atoms with van der Waals surface area (Å²) < 4.78 is 12.8. The molecule has 2 N–H and O–H groups in total. The van der Waals surface area contributed by atoms with Gasteiger partial charge in [-0.2, -0.15) is 0 Å². The first-order valence-corrected chi connectivity index (χ1v) is 10.4. The Morgan fingerprint density at radius 2 is 2.17 bits per heavy atom. The van der Waals surface area contributed by atoms with Crippen LogP contribution in [0.1, 0.15) is 37.7 Å². The maximum absolute atomic E-state index is 12.0. The number of nitrogens with zero attached hydrogens (tertiary/aromatic N) is 4. The zero-order chi connectivity index (χ0) is 20.9. The van der Waals surface area contributed by atoms with E-state index in [0.717, 1.165) is 42.1 Å². The predicted octanol–water partition coefficient (Wildman–Crippen LogP) is 2.99. The largest absolute Gasteiger partial charge is 0.462 e. The van der Waals surface area contributed by atoms with Crippen LogP contribution in [0.25, 0.3) is 11.2 Å². The Morgan fingerprint density at radius 3 is 2.97 bits per heavy atom. The topological polar surface area (TPSA) is 106 Å². The van der Waals surface area contributed by atoms with E-state index in [0.29, 0.717) is 32.0 Å². The summed E-state index contributed by atoms with van der Waals surface area (Å²) in [6.45, 7) is 3.88. The van der Waals surface area contributed by atoms with Crippen molar-refractivity contribution in [1.82, 2.24) is 19.4 Å². The highest BCUT2D eigenvalue weighted by Gasteiger charge is 2.23. The van der Waals surface area contributed by atoms with Gasteiger partial charge in [0.05, 0.1) is 13.2 Å². The first-order chi connectivity index (χ1) is 14.7. The van der Waals surface area contributed by atoms with Crippen LogP contribution in [0.3, 0.4) is 0 Å². The minimum absolute atomic E-state index is 0.132. The van der Waals surface area contributed by atoms with Crippen molar-refractivity contribution in [2.24, 2.45) is 0 Å². The maximum atomic E-state index is 12.0. The van der Waals surface area contributed by atoms with Gasteiger partial charge < -0.3 is 24.5 Å². The van der Waals surface area contributed by atoms with E-state index in [1.165, 1.54) is 0 Å². The summed E-state index contributed by atoms with van der Waals surface area (Å²) in [5.74, 6) is 1.97. The summed E-state index contributed by atoms with van der Waals surface area (Å²) in [5, 5.41) is 12.8. The average Bonchev–Trinajstić information content (AvgIpc) is 3.26. The molecule has 1 amide bonds. The number of aliphatic hydroxyl groups is 1. The fourth-order valence-electron chi connectivity index (χ4n) is 3.79. The number of aliphatic hydroxyl groups excluding tert-OH is 1. The van der Waals surface area contributed by atoms with Crippen LogP contribution in [0.5, 0.6) is 0 Å². The molecule has 9 heteroatoms. The van der Waals surface area contributed by atoms with Crippen molar-refractivity contribution < 1.29 is 19.1 Å². The van der Waals surface area contributed by atoms with Crippen LogP contribution in [-0.4, -0.2) is 56.4 Å². The Balaban J connectivity index is 1.53. The molecule has 0 bridgehead atoms. The molecule has 1 aliphatic heterocycles. The smallest absolute Gasteiger partial charge is 0.409 e. The summed E-state index contributed by atoms with van der Waals surface area (Å²) in [5.41, 5.74) is 1.57. The fourth-order valence-corrected chi connectivity index (χ4v) is 3.79. The van der Waals surface area contributed by atoms with Crippen LogP contribution in [0.2, 0.25) is 0 Å². The number of pyridine rings is 1. The van der Waals surface area contributed by atoms with Crippen molar-refractivity contribution in [3.05, 3.63) is 42.0 Å². The molecule has 1 atom stereocenters. The Hall–Kier alpha value is -3.07. The highest BCUT2D eigenvalue weighted by Crippen LogP contribution is 2.23. The molecule has 1 unspecified atom stereocenters. The molecule has 0 radical (unpaired) electrons. The fraction of sp³-hybridized carbons (Fsp3) is 0.476. The number of rotatable bonds is 6. The third-order valence-corrected chi connectivity index (χ3v) is 5.28. The second-order valence-corrected chi connectivity index (χ2v) is 7.35. The van der Waals surface area contributed by atoms with E-state index >= 15 is 0 Å². The van der Waals surface area contributed by atoms with Gasteiger partial charge in [-0.1, -0.05) is 0 Å². The first-order valence-electron chi connectivity index (χ1n) is 10.4. The molecule has 3 aromatic heterocycles. The zero-order valence-electron chi connectivity index (χ0n) is 17.1. The van der Waals surface area contributed by atoms with E-state index in [-0.39, 0.29) is 18.7 Å². The number of anilines is 1. The molecule has 1 fully saturated rings. The average molecular weight is 413 g/mol. The minimum Gasteiger partial charge on any atom is -0.462 e. The predicted molar refractivity (Wildman–Crippen MR) is 111 cm³/mol. The molecule has 1 saturated heterocycles. The Labute approximate surface area is 174 Å². The number of imidazole rings is 1. The first kappa shape index (κ1) is 20.2. The summed E-state index contributed by atoms with van der Waals surface area (Å²) >= 11 is 0. The molecule has 0 aromatic carbocycles. The minimum atomic E-state index is -0.243. The highest BCUT2D eigenvalue weighted by atomic mass is 16.6. The molecule has 4 heterocycles. The van der Waals surface area contributed by atoms with Crippen molar-refractivity contribution >= 4 is 23.2 Å².